The Morgan fingerprint density at radius 3 is 2.28 bits per heavy atom. The lowest BCUT2D eigenvalue weighted by atomic mass is 9.80. The van der Waals surface area contributed by atoms with E-state index in [2.05, 4.69) is 6.92 Å². The summed E-state index contributed by atoms with van der Waals surface area (Å²) in [6.07, 6.45) is 8.02. The van der Waals surface area contributed by atoms with Crippen LogP contribution < -0.4 is 4.74 Å². The van der Waals surface area contributed by atoms with Crippen LogP contribution in [0.2, 0.25) is 0 Å². The van der Waals surface area contributed by atoms with E-state index >= 15 is 0 Å². The van der Waals surface area contributed by atoms with Crippen LogP contribution in [0.4, 0.5) is 0 Å². The molecule has 0 bridgehead atoms. The maximum absolute atomic E-state index is 11.0. The summed E-state index contributed by atoms with van der Waals surface area (Å²) < 4.78 is 5.76. The molecule has 18 heavy (non-hydrogen) atoms. The fourth-order valence-corrected chi connectivity index (χ4v) is 2.85. The van der Waals surface area contributed by atoms with E-state index in [1.54, 1.807) is 24.3 Å². The molecule has 0 heterocycles. The minimum Gasteiger partial charge on any atom is -0.493 e. The molecule has 2 nitrogen and oxygen atoms in total. The predicted molar refractivity (Wildman–Crippen MR) is 72.4 cm³/mol. The highest BCUT2D eigenvalue weighted by atomic mass is 16.5. The molecule has 1 saturated carbocycles. The van der Waals surface area contributed by atoms with Crippen molar-refractivity contribution in [2.75, 3.05) is 6.61 Å². The average Bonchev–Trinajstić information content (AvgIpc) is 2.40. The second kappa shape index (κ2) is 6.67. The van der Waals surface area contributed by atoms with Gasteiger partial charge >= 0.3 is 0 Å². The maximum Gasteiger partial charge on any atom is 0.178 e. The Kier molecular flexibility index (Phi) is 4.91. The molecule has 0 saturated heterocycles. The zero-order valence-corrected chi connectivity index (χ0v) is 11.2. The van der Waals surface area contributed by atoms with E-state index in [0.717, 1.165) is 18.3 Å². The lowest BCUT2D eigenvalue weighted by Crippen LogP contribution is -2.20. The summed E-state index contributed by atoms with van der Waals surface area (Å²) in [6, 6.07) is 6.66. The monoisotopic (exact) mass is 247 g/mol. The minimum absolute atomic E-state index is 0.0439. The first kappa shape index (κ1) is 13.3. The largest absolute Gasteiger partial charge is 0.493 e. The smallest absolute Gasteiger partial charge is 0.178 e. The lowest BCUT2D eigenvalue weighted by molar-refractivity contribution is 0.178. The molecule has 1 radical (unpaired) electrons. The summed E-state index contributed by atoms with van der Waals surface area (Å²) in [4.78, 5) is 0. The molecule has 1 aliphatic rings. The number of ether oxygens (including phenoxy) is 1. The van der Waals surface area contributed by atoms with E-state index in [1.165, 1.54) is 38.5 Å². The van der Waals surface area contributed by atoms with Gasteiger partial charge in [0.15, 0.2) is 5.75 Å². The first-order valence-corrected chi connectivity index (χ1v) is 7.17. The van der Waals surface area contributed by atoms with Crippen molar-refractivity contribution >= 4 is 0 Å². The normalized spacial score (nSPS) is 23.8. The Morgan fingerprint density at radius 1 is 1.06 bits per heavy atom. The van der Waals surface area contributed by atoms with Crippen molar-refractivity contribution in [1.29, 1.82) is 0 Å². The maximum atomic E-state index is 11.0. The average molecular weight is 247 g/mol. The number of benzene rings is 1. The Bertz CT molecular complexity index is 337. The van der Waals surface area contributed by atoms with E-state index in [-0.39, 0.29) is 5.75 Å². The van der Waals surface area contributed by atoms with Gasteiger partial charge in [-0.25, -0.2) is 0 Å². The molecule has 2 heteroatoms. The van der Waals surface area contributed by atoms with Crippen LogP contribution in [0.5, 0.6) is 11.5 Å². The molecule has 0 spiro atoms. The molecule has 0 amide bonds. The fourth-order valence-electron chi connectivity index (χ4n) is 2.85. The summed E-state index contributed by atoms with van der Waals surface area (Å²) in [7, 11) is 0. The van der Waals surface area contributed by atoms with Crippen LogP contribution in [0.25, 0.3) is 0 Å². The van der Waals surface area contributed by atoms with Crippen LogP contribution >= 0.6 is 0 Å². The Balaban J connectivity index is 1.70. The van der Waals surface area contributed by atoms with E-state index in [9.17, 15) is 5.11 Å². The highest BCUT2D eigenvalue weighted by Gasteiger charge is 2.20. The third-order valence-electron chi connectivity index (χ3n) is 3.97. The van der Waals surface area contributed by atoms with Crippen molar-refractivity contribution in [3.8, 4) is 11.5 Å². The van der Waals surface area contributed by atoms with Crippen molar-refractivity contribution in [2.24, 2.45) is 11.8 Å². The summed E-state index contributed by atoms with van der Waals surface area (Å²) >= 11 is 0. The van der Waals surface area contributed by atoms with Gasteiger partial charge in [-0.05, 0) is 48.9 Å². The number of rotatable bonds is 5. The zero-order valence-electron chi connectivity index (χ0n) is 11.2. The van der Waals surface area contributed by atoms with Crippen LogP contribution in [0.1, 0.15) is 45.4 Å². The summed E-state index contributed by atoms with van der Waals surface area (Å²) in [5, 5.41) is 11.0. The highest BCUT2D eigenvalue weighted by molar-refractivity contribution is 5.29. The van der Waals surface area contributed by atoms with Gasteiger partial charge in [-0.2, -0.15) is 0 Å². The van der Waals surface area contributed by atoms with Crippen molar-refractivity contribution in [2.45, 2.75) is 45.4 Å². The topological polar surface area (TPSA) is 29.1 Å². The Morgan fingerprint density at radius 2 is 1.67 bits per heavy atom. The third kappa shape index (κ3) is 3.94. The van der Waals surface area contributed by atoms with Gasteiger partial charge in [0.1, 0.15) is 5.75 Å². The molecule has 0 atom stereocenters. The molecule has 2 rings (SSSR count). The van der Waals surface area contributed by atoms with Crippen LogP contribution in [0.15, 0.2) is 24.3 Å². The van der Waals surface area contributed by atoms with Gasteiger partial charge in [0.25, 0.3) is 0 Å². The third-order valence-corrected chi connectivity index (χ3v) is 3.97. The summed E-state index contributed by atoms with van der Waals surface area (Å²) in [5.74, 6) is 2.52. The van der Waals surface area contributed by atoms with E-state index < -0.39 is 0 Å². The van der Waals surface area contributed by atoms with E-state index in [4.69, 9.17) is 4.74 Å². The van der Waals surface area contributed by atoms with E-state index in [1.807, 2.05) is 0 Å². The summed E-state index contributed by atoms with van der Waals surface area (Å²) in [5.41, 5.74) is 0. The molecule has 1 fully saturated rings. The zero-order chi connectivity index (χ0) is 12.8. The molecular formula is C16H23O2. The van der Waals surface area contributed by atoms with Gasteiger partial charge in [-0.1, -0.05) is 32.6 Å². The summed E-state index contributed by atoms with van der Waals surface area (Å²) in [6.45, 7) is 3.08. The molecule has 0 N–H and O–H groups in total. The molecule has 0 unspecified atom stereocenters. The molecule has 99 valence electrons. The molecule has 1 aromatic carbocycles. The van der Waals surface area contributed by atoms with Crippen molar-refractivity contribution < 1.29 is 9.84 Å². The molecule has 1 aliphatic carbocycles. The van der Waals surface area contributed by atoms with Crippen LogP contribution in [-0.2, 0) is 5.11 Å². The Labute approximate surface area is 110 Å². The van der Waals surface area contributed by atoms with E-state index in [0.29, 0.717) is 5.92 Å². The number of hydrogen-bond acceptors (Lipinski definition) is 1. The van der Waals surface area contributed by atoms with Crippen molar-refractivity contribution in [3.05, 3.63) is 24.3 Å². The van der Waals surface area contributed by atoms with Gasteiger partial charge in [0, 0.05) is 0 Å². The van der Waals surface area contributed by atoms with Crippen molar-refractivity contribution in [1.82, 2.24) is 0 Å². The lowest BCUT2D eigenvalue weighted by Gasteiger charge is -2.28. The molecule has 0 aromatic heterocycles. The van der Waals surface area contributed by atoms with Crippen LogP contribution in [-0.4, -0.2) is 6.61 Å². The quantitative estimate of drug-likeness (QED) is 0.733. The predicted octanol–water partition coefficient (Wildman–Crippen LogP) is 4.82. The molecule has 1 aromatic rings. The highest BCUT2D eigenvalue weighted by Crippen LogP contribution is 2.31. The van der Waals surface area contributed by atoms with Crippen molar-refractivity contribution in [3.63, 3.8) is 0 Å². The first-order valence-electron chi connectivity index (χ1n) is 7.17. The second-order valence-corrected chi connectivity index (χ2v) is 5.46. The number of hydrogen-bond donors (Lipinski definition) is 0. The van der Waals surface area contributed by atoms with Gasteiger partial charge in [0.05, 0.1) is 6.61 Å². The first-order chi connectivity index (χ1) is 8.78. The van der Waals surface area contributed by atoms with Gasteiger partial charge in [-0.15, -0.1) is 0 Å². The van der Waals surface area contributed by atoms with Gasteiger partial charge < -0.3 is 4.74 Å². The van der Waals surface area contributed by atoms with Crippen LogP contribution in [0, 0.1) is 11.8 Å². The standard InChI is InChI=1S/C16H23O2/c1-2-3-13-4-6-14(7-5-13)12-18-16-10-8-15(17)9-11-16/h8-11,13-14H,2-7,12H2,1H3/t13-,14-. The van der Waals surface area contributed by atoms with Crippen LogP contribution in [0.3, 0.4) is 0 Å². The Hall–Kier alpha value is -1.18. The van der Waals surface area contributed by atoms with Gasteiger partial charge in [0.2, 0.25) is 0 Å². The molecule has 0 aliphatic heterocycles. The SMILES string of the molecule is CCC[C@H]1CC[C@H](COc2ccc([O])cc2)CC1. The second-order valence-electron chi connectivity index (χ2n) is 5.46. The minimum atomic E-state index is 0.0439. The fraction of sp³-hybridized carbons (Fsp3) is 0.625. The van der Waals surface area contributed by atoms with Gasteiger partial charge in [-0.3, -0.25) is 5.11 Å². The molecular weight excluding hydrogens is 224 g/mol.